The van der Waals surface area contributed by atoms with Gasteiger partial charge in [-0.2, -0.15) is 14.6 Å². The van der Waals surface area contributed by atoms with Gasteiger partial charge >= 0.3 is 0 Å². The zero-order chi connectivity index (χ0) is 12.4. The van der Waals surface area contributed by atoms with Gasteiger partial charge in [0, 0.05) is 18.3 Å². The maximum Gasteiger partial charge on any atom is 0.254 e. The zero-order valence-corrected chi connectivity index (χ0v) is 10.9. The molecule has 6 heteroatoms. The number of aryl methyl sites for hydroxylation is 1. The summed E-state index contributed by atoms with van der Waals surface area (Å²) < 4.78 is 1.68. The summed E-state index contributed by atoms with van der Waals surface area (Å²) in [5.41, 5.74) is 0.906. The fourth-order valence-electron chi connectivity index (χ4n) is 1.49. The molecule has 1 atom stereocenters. The first kappa shape index (κ1) is 12.1. The zero-order valence-electron chi connectivity index (χ0n) is 10.2. The number of fused-ring (bicyclic) bond motifs is 1. The van der Waals surface area contributed by atoms with Crippen molar-refractivity contribution in [3.63, 3.8) is 0 Å². The van der Waals surface area contributed by atoms with E-state index in [1.165, 1.54) is 6.33 Å². The van der Waals surface area contributed by atoms with Crippen molar-refractivity contribution < 1.29 is 0 Å². The lowest BCUT2D eigenvalue weighted by Crippen LogP contribution is -2.21. The third-order valence-corrected chi connectivity index (χ3v) is 3.24. The van der Waals surface area contributed by atoms with E-state index in [1.807, 2.05) is 13.0 Å². The van der Waals surface area contributed by atoms with Crippen LogP contribution in [-0.2, 0) is 0 Å². The lowest BCUT2D eigenvalue weighted by Gasteiger charge is -2.15. The normalized spacial score (nSPS) is 13.2. The van der Waals surface area contributed by atoms with E-state index in [-0.39, 0.29) is 5.38 Å². The first-order valence-electron chi connectivity index (χ1n) is 5.63. The Morgan fingerprint density at radius 3 is 2.94 bits per heavy atom. The van der Waals surface area contributed by atoms with Gasteiger partial charge in [0.15, 0.2) is 0 Å². The summed E-state index contributed by atoms with van der Waals surface area (Å²) in [6.45, 7) is 6.82. The van der Waals surface area contributed by atoms with Gasteiger partial charge in [-0.05, 0) is 12.8 Å². The fraction of sp³-hybridized carbons (Fsp3) is 0.545. The molecule has 5 nitrogen and oxygen atoms in total. The molecule has 0 amide bonds. The molecule has 92 valence electrons. The molecule has 0 fully saturated rings. The Hall–Kier alpha value is -1.36. The highest BCUT2D eigenvalue weighted by molar-refractivity contribution is 6.21. The third kappa shape index (κ3) is 2.66. The molecule has 0 bridgehead atoms. The number of rotatable bonds is 4. The monoisotopic (exact) mass is 253 g/mol. The summed E-state index contributed by atoms with van der Waals surface area (Å²) in [6, 6.07) is 1.94. The molecule has 0 aliphatic carbocycles. The van der Waals surface area contributed by atoms with Crippen molar-refractivity contribution >= 4 is 23.2 Å². The number of halogens is 1. The Morgan fingerprint density at radius 1 is 1.47 bits per heavy atom. The van der Waals surface area contributed by atoms with Gasteiger partial charge in [0.2, 0.25) is 0 Å². The third-order valence-electron chi connectivity index (χ3n) is 2.58. The topological polar surface area (TPSA) is 55.1 Å². The number of hydrogen-bond acceptors (Lipinski definition) is 4. The second-order valence-corrected chi connectivity index (χ2v) is 4.96. The van der Waals surface area contributed by atoms with Crippen molar-refractivity contribution in [2.75, 3.05) is 11.9 Å². The molecule has 2 aromatic rings. The largest absolute Gasteiger partial charge is 0.368 e. The molecule has 0 aliphatic heterocycles. The maximum absolute atomic E-state index is 6.21. The Labute approximate surface area is 105 Å². The summed E-state index contributed by atoms with van der Waals surface area (Å²) in [5, 5.41) is 7.49. The van der Waals surface area contributed by atoms with Crippen LogP contribution in [0.2, 0.25) is 0 Å². The molecular formula is C11H16ClN5. The molecule has 2 heterocycles. The van der Waals surface area contributed by atoms with Crippen LogP contribution in [0.15, 0.2) is 12.4 Å². The Kier molecular flexibility index (Phi) is 3.47. The van der Waals surface area contributed by atoms with E-state index < -0.39 is 0 Å². The minimum Gasteiger partial charge on any atom is -0.368 e. The van der Waals surface area contributed by atoms with Crippen LogP contribution in [0.25, 0.3) is 5.78 Å². The molecule has 0 radical (unpaired) electrons. The van der Waals surface area contributed by atoms with Crippen LogP contribution in [-0.4, -0.2) is 31.5 Å². The molecule has 0 aromatic carbocycles. The highest BCUT2D eigenvalue weighted by Gasteiger charge is 2.11. The van der Waals surface area contributed by atoms with E-state index >= 15 is 0 Å². The minimum atomic E-state index is 0.0852. The Bertz CT molecular complexity index is 508. The van der Waals surface area contributed by atoms with Crippen molar-refractivity contribution in [3.05, 3.63) is 18.1 Å². The van der Waals surface area contributed by atoms with Gasteiger partial charge < -0.3 is 5.32 Å². The predicted molar refractivity (Wildman–Crippen MR) is 68.5 cm³/mol. The molecule has 2 aromatic heterocycles. The van der Waals surface area contributed by atoms with E-state index in [0.717, 1.165) is 11.5 Å². The number of nitrogens with zero attached hydrogens (tertiary/aromatic N) is 4. The van der Waals surface area contributed by atoms with E-state index in [9.17, 15) is 0 Å². The van der Waals surface area contributed by atoms with Crippen molar-refractivity contribution in [3.8, 4) is 0 Å². The molecule has 0 aliphatic rings. The van der Waals surface area contributed by atoms with Crippen molar-refractivity contribution in [1.29, 1.82) is 0 Å². The summed E-state index contributed by atoms with van der Waals surface area (Å²) in [5.74, 6) is 1.90. The van der Waals surface area contributed by atoms with Crippen LogP contribution in [0.5, 0.6) is 0 Å². The van der Waals surface area contributed by atoms with Gasteiger partial charge in [0.25, 0.3) is 5.78 Å². The second kappa shape index (κ2) is 4.87. The average Bonchev–Trinajstić information content (AvgIpc) is 2.72. The van der Waals surface area contributed by atoms with Crippen LogP contribution < -0.4 is 5.32 Å². The standard InChI is InChI=1S/C11H16ClN5/c1-7(2)9(12)5-13-10-4-8(3)16-11-14-6-15-17(10)11/h4,6-7,9,13H,5H2,1-3H3. The number of hydrogen-bond donors (Lipinski definition) is 1. The minimum absolute atomic E-state index is 0.0852. The number of anilines is 1. The van der Waals surface area contributed by atoms with Crippen LogP contribution >= 0.6 is 11.6 Å². The lowest BCUT2D eigenvalue weighted by atomic mass is 10.1. The van der Waals surface area contributed by atoms with Crippen LogP contribution in [0.4, 0.5) is 5.82 Å². The summed E-state index contributed by atoms with van der Waals surface area (Å²) in [6.07, 6.45) is 1.49. The lowest BCUT2D eigenvalue weighted by molar-refractivity contribution is 0.614. The summed E-state index contributed by atoms with van der Waals surface area (Å²) >= 11 is 6.21. The van der Waals surface area contributed by atoms with Gasteiger partial charge in [-0.3, -0.25) is 0 Å². The van der Waals surface area contributed by atoms with Crippen molar-refractivity contribution in [1.82, 2.24) is 19.6 Å². The molecule has 2 rings (SSSR count). The van der Waals surface area contributed by atoms with Gasteiger partial charge in [0.1, 0.15) is 12.1 Å². The highest BCUT2D eigenvalue weighted by Crippen LogP contribution is 2.13. The molecule has 17 heavy (non-hydrogen) atoms. The van der Waals surface area contributed by atoms with Gasteiger partial charge in [-0.25, -0.2) is 4.98 Å². The van der Waals surface area contributed by atoms with E-state index in [0.29, 0.717) is 18.2 Å². The van der Waals surface area contributed by atoms with Crippen LogP contribution in [0.1, 0.15) is 19.5 Å². The Balaban J connectivity index is 2.20. The summed E-state index contributed by atoms with van der Waals surface area (Å²) in [4.78, 5) is 8.35. The molecule has 1 unspecified atom stereocenters. The van der Waals surface area contributed by atoms with Crippen LogP contribution in [0.3, 0.4) is 0 Å². The van der Waals surface area contributed by atoms with Gasteiger partial charge in [-0.15, -0.1) is 11.6 Å². The first-order chi connectivity index (χ1) is 8.08. The number of aromatic nitrogens is 4. The number of alkyl halides is 1. The van der Waals surface area contributed by atoms with E-state index in [2.05, 4.69) is 34.2 Å². The number of nitrogens with one attached hydrogen (secondary N) is 1. The second-order valence-electron chi connectivity index (χ2n) is 4.40. The smallest absolute Gasteiger partial charge is 0.254 e. The summed E-state index contributed by atoms with van der Waals surface area (Å²) in [7, 11) is 0. The van der Waals surface area contributed by atoms with Gasteiger partial charge in [0.05, 0.1) is 5.38 Å². The highest BCUT2D eigenvalue weighted by atomic mass is 35.5. The van der Waals surface area contributed by atoms with Crippen molar-refractivity contribution in [2.45, 2.75) is 26.1 Å². The predicted octanol–water partition coefficient (Wildman–Crippen LogP) is 2.11. The van der Waals surface area contributed by atoms with E-state index in [1.54, 1.807) is 4.52 Å². The molecular weight excluding hydrogens is 238 g/mol. The molecule has 0 spiro atoms. The first-order valence-corrected chi connectivity index (χ1v) is 6.07. The average molecular weight is 254 g/mol. The molecule has 0 saturated heterocycles. The van der Waals surface area contributed by atoms with E-state index in [4.69, 9.17) is 11.6 Å². The SMILES string of the molecule is Cc1cc(NCC(Cl)C(C)C)n2ncnc2n1. The van der Waals surface area contributed by atoms with Crippen LogP contribution in [0, 0.1) is 12.8 Å². The quantitative estimate of drug-likeness (QED) is 0.848. The molecule has 0 saturated carbocycles. The van der Waals surface area contributed by atoms with Crippen molar-refractivity contribution in [2.24, 2.45) is 5.92 Å². The molecule has 1 N–H and O–H groups in total. The Morgan fingerprint density at radius 2 is 2.24 bits per heavy atom. The maximum atomic E-state index is 6.21. The fourth-order valence-corrected chi connectivity index (χ4v) is 1.57. The van der Waals surface area contributed by atoms with Gasteiger partial charge in [-0.1, -0.05) is 13.8 Å².